The quantitative estimate of drug-likeness (QED) is 0.902. The molecule has 2 N–H and O–H groups in total. The molecule has 0 radical (unpaired) electrons. The van der Waals surface area contributed by atoms with Crippen LogP contribution < -0.4 is 15.5 Å². The molecule has 1 aromatic heterocycles. The Kier molecular flexibility index (Phi) is 4.89. The lowest BCUT2D eigenvalue weighted by Crippen LogP contribution is -2.37. The maximum absolute atomic E-state index is 11.9. The molecule has 0 bridgehead atoms. The third-order valence-electron chi connectivity index (χ3n) is 3.27. The third kappa shape index (κ3) is 4.30. The molecule has 7 nitrogen and oxygen atoms in total. The molecule has 2 heterocycles. The third-order valence-corrected chi connectivity index (χ3v) is 3.51. The molecule has 1 aromatic carbocycles. The van der Waals surface area contributed by atoms with E-state index in [-0.39, 0.29) is 6.03 Å². The molecule has 3 rings (SSSR count). The first-order valence-electron chi connectivity index (χ1n) is 7.19. The summed E-state index contributed by atoms with van der Waals surface area (Å²) in [5.41, 5.74) is 1.13. The van der Waals surface area contributed by atoms with Crippen LogP contribution in [0.1, 0.15) is 0 Å². The van der Waals surface area contributed by atoms with E-state index in [1.54, 1.807) is 36.7 Å². The van der Waals surface area contributed by atoms with Crippen molar-refractivity contribution < 1.29 is 9.53 Å². The number of aromatic nitrogens is 2. The van der Waals surface area contributed by atoms with Crippen molar-refractivity contribution >= 4 is 35.0 Å². The Hall–Kier alpha value is -2.38. The molecule has 120 valence electrons. The van der Waals surface area contributed by atoms with Crippen LogP contribution >= 0.6 is 11.6 Å². The molecule has 23 heavy (non-hydrogen) atoms. The van der Waals surface area contributed by atoms with Gasteiger partial charge in [-0.1, -0.05) is 17.7 Å². The number of carbonyl (C=O) groups is 1. The Balaban J connectivity index is 1.58. The summed E-state index contributed by atoms with van der Waals surface area (Å²) in [7, 11) is 0. The van der Waals surface area contributed by atoms with Crippen LogP contribution in [0.5, 0.6) is 0 Å². The van der Waals surface area contributed by atoms with Gasteiger partial charge in [-0.2, -0.15) is 0 Å². The highest BCUT2D eigenvalue weighted by molar-refractivity contribution is 6.30. The van der Waals surface area contributed by atoms with Crippen LogP contribution in [0.15, 0.2) is 36.7 Å². The van der Waals surface area contributed by atoms with Crippen LogP contribution in [-0.4, -0.2) is 42.3 Å². The minimum absolute atomic E-state index is 0.380. The maximum atomic E-state index is 11.9. The second kappa shape index (κ2) is 7.26. The molecule has 8 heteroatoms. The van der Waals surface area contributed by atoms with E-state index in [0.717, 1.165) is 13.1 Å². The van der Waals surface area contributed by atoms with Crippen LogP contribution in [0.3, 0.4) is 0 Å². The minimum atomic E-state index is -0.380. The van der Waals surface area contributed by atoms with Crippen molar-refractivity contribution in [2.45, 2.75) is 0 Å². The Morgan fingerprint density at radius 3 is 2.52 bits per heavy atom. The Bertz CT molecular complexity index is 674. The fraction of sp³-hybridized carbons (Fsp3) is 0.267. The zero-order chi connectivity index (χ0) is 16.1. The van der Waals surface area contributed by atoms with E-state index < -0.39 is 0 Å². The molecule has 0 spiro atoms. The number of rotatable bonds is 3. The number of anilines is 3. The zero-order valence-corrected chi connectivity index (χ0v) is 13.1. The molecule has 0 atom stereocenters. The van der Waals surface area contributed by atoms with Crippen molar-refractivity contribution in [1.29, 1.82) is 0 Å². The average molecular weight is 334 g/mol. The SMILES string of the molecule is O=C(Nc1cnc(N2CCOCC2)nc1)Nc1cccc(Cl)c1. The summed E-state index contributed by atoms with van der Waals surface area (Å²) in [6, 6.07) is 6.54. The summed E-state index contributed by atoms with van der Waals surface area (Å²) in [5, 5.41) is 5.93. The predicted molar refractivity (Wildman–Crippen MR) is 89.2 cm³/mol. The van der Waals surface area contributed by atoms with E-state index in [0.29, 0.717) is 35.6 Å². The molecular formula is C15H16ClN5O2. The second-order valence-corrected chi connectivity index (χ2v) is 5.40. The molecule has 1 fully saturated rings. The van der Waals surface area contributed by atoms with Gasteiger partial charge in [-0.05, 0) is 18.2 Å². The maximum Gasteiger partial charge on any atom is 0.323 e. The number of hydrogen-bond donors (Lipinski definition) is 2. The summed E-state index contributed by atoms with van der Waals surface area (Å²) in [5.74, 6) is 0.633. The van der Waals surface area contributed by atoms with Crippen molar-refractivity contribution in [3.63, 3.8) is 0 Å². The van der Waals surface area contributed by atoms with Crippen LogP contribution in [-0.2, 0) is 4.74 Å². The van der Waals surface area contributed by atoms with Crippen LogP contribution in [0, 0.1) is 0 Å². The lowest BCUT2D eigenvalue weighted by atomic mass is 10.3. The molecule has 2 amide bonds. The largest absolute Gasteiger partial charge is 0.378 e. The highest BCUT2D eigenvalue weighted by Crippen LogP contribution is 2.16. The van der Waals surface area contributed by atoms with E-state index in [2.05, 4.69) is 20.6 Å². The number of nitrogens with one attached hydrogen (secondary N) is 2. The smallest absolute Gasteiger partial charge is 0.323 e. The molecule has 0 saturated carbocycles. The van der Waals surface area contributed by atoms with Gasteiger partial charge in [0.05, 0.1) is 31.3 Å². The Morgan fingerprint density at radius 1 is 1.13 bits per heavy atom. The van der Waals surface area contributed by atoms with Gasteiger partial charge in [0.15, 0.2) is 0 Å². The summed E-state index contributed by atoms with van der Waals surface area (Å²) in [6.45, 7) is 2.88. The van der Waals surface area contributed by atoms with Crippen molar-refractivity contribution in [2.24, 2.45) is 0 Å². The van der Waals surface area contributed by atoms with Gasteiger partial charge in [0, 0.05) is 23.8 Å². The van der Waals surface area contributed by atoms with Gasteiger partial charge in [0.2, 0.25) is 5.95 Å². The van der Waals surface area contributed by atoms with Gasteiger partial charge >= 0.3 is 6.03 Å². The van der Waals surface area contributed by atoms with Gasteiger partial charge in [0.1, 0.15) is 0 Å². The number of ether oxygens (including phenoxy) is 1. The van der Waals surface area contributed by atoms with Crippen LogP contribution in [0.4, 0.5) is 22.1 Å². The lowest BCUT2D eigenvalue weighted by molar-refractivity contribution is 0.122. The van der Waals surface area contributed by atoms with E-state index in [9.17, 15) is 4.79 Å². The second-order valence-electron chi connectivity index (χ2n) is 4.96. The van der Waals surface area contributed by atoms with Gasteiger partial charge in [-0.25, -0.2) is 14.8 Å². The summed E-state index contributed by atoms with van der Waals surface area (Å²) < 4.78 is 5.29. The molecule has 1 aliphatic heterocycles. The monoisotopic (exact) mass is 333 g/mol. The molecule has 1 aliphatic rings. The predicted octanol–water partition coefficient (Wildman–Crippen LogP) is 2.61. The number of benzene rings is 1. The van der Waals surface area contributed by atoms with Crippen LogP contribution in [0.25, 0.3) is 0 Å². The van der Waals surface area contributed by atoms with E-state index in [4.69, 9.17) is 16.3 Å². The number of hydrogen-bond acceptors (Lipinski definition) is 5. The van der Waals surface area contributed by atoms with Gasteiger partial charge in [-0.3, -0.25) is 0 Å². The molecular weight excluding hydrogens is 318 g/mol. The topological polar surface area (TPSA) is 79.4 Å². The number of nitrogens with zero attached hydrogens (tertiary/aromatic N) is 3. The van der Waals surface area contributed by atoms with Crippen LogP contribution in [0.2, 0.25) is 5.02 Å². The Morgan fingerprint density at radius 2 is 1.83 bits per heavy atom. The minimum Gasteiger partial charge on any atom is -0.378 e. The van der Waals surface area contributed by atoms with Gasteiger partial charge in [-0.15, -0.1) is 0 Å². The van der Waals surface area contributed by atoms with Gasteiger partial charge in [0.25, 0.3) is 0 Å². The van der Waals surface area contributed by atoms with Crippen molar-refractivity contribution in [1.82, 2.24) is 9.97 Å². The molecule has 1 saturated heterocycles. The van der Waals surface area contributed by atoms with E-state index in [1.807, 2.05) is 4.90 Å². The number of carbonyl (C=O) groups excluding carboxylic acids is 1. The number of urea groups is 1. The molecule has 0 unspecified atom stereocenters. The van der Waals surface area contributed by atoms with E-state index >= 15 is 0 Å². The average Bonchev–Trinajstić information content (AvgIpc) is 2.56. The van der Waals surface area contributed by atoms with Crippen molar-refractivity contribution in [2.75, 3.05) is 41.8 Å². The van der Waals surface area contributed by atoms with Crippen molar-refractivity contribution in [3.8, 4) is 0 Å². The standard InChI is InChI=1S/C15H16ClN5O2/c16-11-2-1-3-12(8-11)19-15(22)20-13-9-17-14(18-10-13)21-4-6-23-7-5-21/h1-3,8-10H,4-7H2,(H2,19,20,22). The summed E-state index contributed by atoms with van der Waals surface area (Å²) in [6.07, 6.45) is 3.16. The normalized spacial score (nSPS) is 14.4. The Labute approximate surface area is 138 Å². The highest BCUT2D eigenvalue weighted by Gasteiger charge is 2.13. The summed E-state index contributed by atoms with van der Waals surface area (Å²) >= 11 is 5.87. The zero-order valence-electron chi connectivity index (χ0n) is 12.3. The first-order chi connectivity index (χ1) is 11.2. The fourth-order valence-electron chi connectivity index (χ4n) is 2.17. The number of amides is 2. The first kappa shape index (κ1) is 15.5. The van der Waals surface area contributed by atoms with Crippen molar-refractivity contribution in [3.05, 3.63) is 41.7 Å². The molecule has 2 aromatic rings. The fourth-order valence-corrected chi connectivity index (χ4v) is 2.36. The summed E-state index contributed by atoms with van der Waals surface area (Å²) in [4.78, 5) is 22.5. The van der Waals surface area contributed by atoms with E-state index in [1.165, 1.54) is 0 Å². The number of morpholine rings is 1. The number of halogens is 1. The molecule has 0 aliphatic carbocycles. The lowest BCUT2D eigenvalue weighted by Gasteiger charge is -2.26. The first-order valence-corrected chi connectivity index (χ1v) is 7.57. The highest BCUT2D eigenvalue weighted by atomic mass is 35.5. The van der Waals surface area contributed by atoms with Gasteiger partial charge < -0.3 is 20.3 Å².